The second kappa shape index (κ2) is 3.59. The van der Waals surface area contributed by atoms with Crippen LogP contribution in [0.5, 0.6) is 0 Å². The molecule has 0 unspecified atom stereocenters. The van der Waals surface area contributed by atoms with Crippen LogP contribution in [-0.2, 0) is 10.0 Å². The molecule has 0 bridgehead atoms. The van der Waals surface area contributed by atoms with Crippen molar-refractivity contribution in [3.63, 3.8) is 0 Å². The summed E-state index contributed by atoms with van der Waals surface area (Å²) >= 11 is 0. The van der Waals surface area contributed by atoms with Crippen LogP contribution in [0.3, 0.4) is 0 Å². The minimum atomic E-state index is -4.40. The average molecular weight is 239 g/mol. The van der Waals surface area contributed by atoms with E-state index in [1.807, 2.05) is 4.98 Å². The molecule has 15 heavy (non-hydrogen) atoms. The Bertz CT molecular complexity index is 537. The fourth-order valence-electron chi connectivity index (χ4n) is 1.03. The molecule has 0 radical (unpaired) electrons. The average Bonchev–Trinajstić information content (AvgIpc) is 1.99. The van der Waals surface area contributed by atoms with E-state index in [9.17, 15) is 22.0 Å². The van der Waals surface area contributed by atoms with E-state index >= 15 is 0 Å². The Kier molecular flexibility index (Phi) is 2.77. The van der Waals surface area contributed by atoms with Gasteiger partial charge in [-0.05, 0) is 0 Å². The normalized spacial score (nSPS) is 12.0. The van der Waals surface area contributed by atoms with Crippen LogP contribution in [0.2, 0.25) is 0 Å². The van der Waals surface area contributed by atoms with Crippen LogP contribution in [0.15, 0.2) is 15.8 Å². The van der Waals surface area contributed by atoms with Crippen LogP contribution in [-0.4, -0.2) is 13.4 Å². The summed E-state index contributed by atoms with van der Waals surface area (Å²) in [4.78, 5) is 11.7. The molecule has 0 amide bonds. The van der Waals surface area contributed by atoms with Gasteiger partial charge in [0.05, 0.1) is 10.5 Å². The molecule has 6 nitrogen and oxygen atoms in total. The number of halogens is 2. The molecule has 0 aromatic carbocycles. The zero-order valence-corrected chi connectivity index (χ0v) is 8.01. The predicted molar refractivity (Wildman–Crippen MR) is 47.8 cm³/mol. The number of aromatic amines is 1. The number of sulfonamides is 1. The molecule has 1 aromatic heterocycles. The molecule has 5 N–H and O–H groups in total. The lowest BCUT2D eigenvalue weighted by atomic mass is 10.2. The van der Waals surface area contributed by atoms with Gasteiger partial charge in [0.1, 0.15) is 5.82 Å². The fourth-order valence-corrected chi connectivity index (χ4v) is 1.80. The summed E-state index contributed by atoms with van der Waals surface area (Å²) in [7, 11) is -4.40. The SMILES string of the molecule is Nc1[nH]c(=O)cc(S(N)(=O)=O)c1C(F)F. The molecule has 0 saturated carbocycles. The molecule has 0 aliphatic rings. The van der Waals surface area contributed by atoms with E-state index in [0.29, 0.717) is 6.07 Å². The first-order valence-corrected chi connectivity index (χ1v) is 5.11. The number of H-pyrrole nitrogens is 1. The van der Waals surface area contributed by atoms with Gasteiger partial charge >= 0.3 is 0 Å². The standard InChI is InChI=1S/C6H7F2N3O3S/c7-5(8)4-2(15(10,13)14)1-3(12)11-6(4)9/h1,5H,(H3,9,11,12)(H2,10,13,14). The summed E-state index contributed by atoms with van der Waals surface area (Å²) in [6.45, 7) is 0. The van der Waals surface area contributed by atoms with Gasteiger partial charge in [0, 0.05) is 6.07 Å². The number of anilines is 1. The Balaban J connectivity index is 3.70. The third-order valence-electron chi connectivity index (χ3n) is 1.60. The van der Waals surface area contributed by atoms with Gasteiger partial charge in [-0.15, -0.1) is 0 Å². The van der Waals surface area contributed by atoms with E-state index in [1.165, 1.54) is 0 Å². The molecule has 0 saturated heterocycles. The molecule has 1 rings (SSSR count). The van der Waals surface area contributed by atoms with E-state index in [0.717, 1.165) is 0 Å². The molecule has 84 valence electrons. The first kappa shape index (κ1) is 11.6. The first-order valence-electron chi connectivity index (χ1n) is 3.57. The van der Waals surface area contributed by atoms with Gasteiger partial charge in [0.15, 0.2) is 0 Å². The van der Waals surface area contributed by atoms with Crippen molar-refractivity contribution in [2.75, 3.05) is 5.73 Å². The topological polar surface area (TPSA) is 119 Å². The quantitative estimate of drug-likeness (QED) is 0.647. The Morgan fingerprint density at radius 2 is 1.93 bits per heavy atom. The number of pyridine rings is 1. The van der Waals surface area contributed by atoms with Gasteiger partial charge in [-0.1, -0.05) is 0 Å². The smallest absolute Gasteiger partial charge is 0.268 e. The number of rotatable bonds is 2. The van der Waals surface area contributed by atoms with Crippen molar-refractivity contribution in [1.82, 2.24) is 4.98 Å². The lowest BCUT2D eigenvalue weighted by Crippen LogP contribution is -2.21. The van der Waals surface area contributed by atoms with Crippen molar-refractivity contribution in [2.24, 2.45) is 5.14 Å². The minimum absolute atomic E-state index is 0.465. The first-order chi connectivity index (χ1) is 6.73. The lowest BCUT2D eigenvalue weighted by molar-refractivity contribution is 0.148. The van der Waals surface area contributed by atoms with Gasteiger partial charge in [-0.25, -0.2) is 22.3 Å². The van der Waals surface area contributed by atoms with Crippen molar-refractivity contribution in [2.45, 2.75) is 11.3 Å². The number of alkyl halides is 2. The number of primary sulfonamides is 1. The van der Waals surface area contributed by atoms with Gasteiger partial charge in [-0.3, -0.25) is 4.79 Å². The van der Waals surface area contributed by atoms with Crippen LogP contribution >= 0.6 is 0 Å². The maximum Gasteiger partial charge on any atom is 0.268 e. The molecule has 0 spiro atoms. The van der Waals surface area contributed by atoms with Crippen molar-refractivity contribution in [3.05, 3.63) is 22.0 Å². The summed E-state index contributed by atoms with van der Waals surface area (Å²) in [5.74, 6) is -0.707. The van der Waals surface area contributed by atoms with Gasteiger partial charge in [-0.2, -0.15) is 0 Å². The van der Waals surface area contributed by atoms with Gasteiger partial charge in [0.25, 0.3) is 12.0 Å². The largest absolute Gasteiger partial charge is 0.385 e. The molecule has 0 fully saturated rings. The third kappa shape index (κ3) is 2.30. The third-order valence-corrected chi connectivity index (χ3v) is 2.55. The van der Waals surface area contributed by atoms with Crippen LogP contribution in [0.1, 0.15) is 12.0 Å². The molecule has 0 aliphatic carbocycles. The van der Waals surface area contributed by atoms with Gasteiger partial charge in [0.2, 0.25) is 10.0 Å². The number of hydrogen-bond acceptors (Lipinski definition) is 4. The van der Waals surface area contributed by atoms with Crippen LogP contribution in [0.25, 0.3) is 0 Å². The van der Waals surface area contributed by atoms with Crippen molar-refractivity contribution in [1.29, 1.82) is 0 Å². The molecular formula is C6H7F2N3O3S. The van der Waals surface area contributed by atoms with Gasteiger partial charge < -0.3 is 10.7 Å². The lowest BCUT2D eigenvalue weighted by Gasteiger charge is -2.08. The molecule has 1 aromatic rings. The highest BCUT2D eigenvalue weighted by molar-refractivity contribution is 7.89. The Labute approximate surface area is 82.9 Å². The maximum atomic E-state index is 12.4. The maximum absolute atomic E-state index is 12.4. The van der Waals surface area contributed by atoms with E-state index in [4.69, 9.17) is 5.73 Å². The van der Waals surface area contributed by atoms with Crippen molar-refractivity contribution in [3.8, 4) is 0 Å². The fraction of sp³-hybridized carbons (Fsp3) is 0.167. The molecule has 0 atom stereocenters. The molecular weight excluding hydrogens is 232 g/mol. The molecule has 9 heteroatoms. The summed E-state index contributed by atoms with van der Waals surface area (Å²) in [5.41, 5.74) is 3.16. The van der Waals surface area contributed by atoms with E-state index in [-0.39, 0.29) is 0 Å². The van der Waals surface area contributed by atoms with Crippen LogP contribution < -0.4 is 16.4 Å². The summed E-state index contributed by atoms with van der Waals surface area (Å²) in [6.07, 6.45) is -3.14. The van der Waals surface area contributed by atoms with Crippen LogP contribution in [0, 0.1) is 0 Å². The number of hydrogen-bond donors (Lipinski definition) is 3. The second-order valence-corrected chi connectivity index (χ2v) is 4.20. The molecule has 1 heterocycles. The second-order valence-electron chi connectivity index (χ2n) is 2.67. The summed E-state index contributed by atoms with van der Waals surface area (Å²) < 4.78 is 46.7. The van der Waals surface area contributed by atoms with E-state index in [2.05, 4.69) is 5.14 Å². The minimum Gasteiger partial charge on any atom is -0.385 e. The van der Waals surface area contributed by atoms with E-state index < -0.39 is 38.3 Å². The predicted octanol–water partition coefficient (Wildman–Crippen LogP) is -0.458. The summed E-state index contributed by atoms with van der Waals surface area (Å²) in [5, 5.41) is 4.66. The van der Waals surface area contributed by atoms with Crippen molar-refractivity contribution >= 4 is 15.8 Å². The number of nitrogens with two attached hydrogens (primary N) is 2. The number of nitrogens with one attached hydrogen (secondary N) is 1. The number of aromatic nitrogens is 1. The van der Waals surface area contributed by atoms with E-state index in [1.54, 1.807) is 0 Å². The highest BCUT2D eigenvalue weighted by atomic mass is 32.2. The zero-order chi connectivity index (χ0) is 11.8. The number of nitrogen functional groups attached to an aromatic ring is 1. The monoisotopic (exact) mass is 239 g/mol. The van der Waals surface area contributed by atoms with Crippen LogP contribution in [0.4, 0.5) is 14.6 Å². The Hall–Kier alpha value is -1.48. The Morgan fingerprint density at radius 3 is 2.33 bits per heavy atom. The molecule has 0 aliphatic heterocycles. The summed E-state index contributed by atoms with van der Waals surface area (Å²) in [6, 6.07) is 0.465. The Morgan fingerprint density at radius 1 is 1.40 bits per heavy atom. The highest BCUT2D eigenvalue weighted by Crippen LogP contribution is 2.28. The van der Waals surface area contributed by atoms with Crippen molar-refractivity contribution < 1.29 is 17.2 Å². The zero-order valence-electron chi connectivity index (χ0n) is 7.20. The highest BCUT2D eigenvalue weighted by Gasteiger charge is 2.24.